The minimum Gasteiger partial charge on any atom is -0.335 e. The van der Waals surface area contributed by atoms with Crippen LogP contribution in [0.15, 0.2) is 54.6 Å². The number of anilines is 1. The van der Waals surface area contributed by atoms with Gasteiger partial charge in [0.05, 0.1) is 21.5 Å². The summed E-state index contributed by atoms with van der Waals surface area (Å²) in [6, 6.07) is 17.0. The summed E-state index contributed by atoms with van der Waals surface area (Å²) < 4.78 is 13.4. The van der Waals surface area contributed by atoms with Crippen LogP contribution in [0.4, 0.5) is 9.39 Å². The third kappa shape index (κ3) is 5.45. The van der Waals surface area contributed by atoms with Crippen LogP contribution in [0.25, 0.3) is 0 Å². The van der Waals surface area contributed by atoms with E-state index in [9.17, 15) is 14.0 Å². The van der Waals surface area contributed by atoms with Crippen LogP contribution in [0, 0.1) is 24.1 Å². The van der Waals surface area contributed by atoms with E-state index in [-0.39, 0.29) is 11.5 Å². The average Bonchev–Trinajstić information content (AvgIpc) is 3.19. The molecule has 2 aromatic carbocycles. The van der Waals surface area contributed by atoms with E-state index in [1.54, 1.807) is 12.1 Å². The zero-order valence-corrected chi connectivity index (χ0v) is 19.0. The largest absolute Gasteiger partial charge is 0.335 e. The summed E-state index contributed by atoms with van der Waals surface area (Å²) >= 11 is 1.24. The molecule has 1 aliphatic heterocycles. The van der Waals surface area contributed by atoms with E-state index in [1.165, 1.54) is 29.5 Å². The summed E-state index contributed by atoms with van der Waals surface area (Å²) in [5.74, 6) is -0.924. The van der Waals surface area contributed by atoms with Gasteiger partial charge in [0.25, 0.3) is 11.8 Å². The first-order valence-corrected chi connectivity index (χ1v) is 11.4. The molecule has 1 aliphatic rings. The number of aryl methyl sites for hydroxylation is 1. The highest BCUT2D eigenvalue weighted by atomic mass is 32.1. The maximum absolute atomic E-state index is 13.4. The van der Waals surface area contributed by atoms with E-state index < -0.39 is 11.7 Å². The first kappa shape index (κ1) is 22.6. The van der Waals surface area contributed by atoms with E-state index in [1.807, 2.05) is 36.1 Å². The van der Waals surface area contributed by atoms with Gasteiger partial charge in [-0.3, -0.25) is 14.5 Å². The van der Waals surface area contributed by atoms with Crippen LogP contribution in [0.3, 0.4) is 0 Å². The summed E-state index contributed by atoms with van der Waals surface area (Å²) in [6.07, 6.45) is 0. The Kier molecular flexibility index (Phi) is 6.82. The molecule has 1 fully saturated rings. The number of hydrogen-bond acceptors (Lipinski definition) is 5. The lowest BCUT2D eigenvalue weighted by Gasteiger charge is -2.34. The van der Waals surface area contributed by atoms with E-state index >= 15 is 0 Å². The molecule has 2 amide bonds. The fraction of sp³-hybridized carbons (Fsp3) is 0.240. The molecule has 0 atom stereocenters. The molecule has 0 bridgehead atoms. The van der Waals surface area contributed by atoms with Crippen molar-refractivity contribution < 1.29 is 14.0 Å². The molecule has 1 saturated heterocycles. The molecule has 0 radical (unpaired) electrons. The topological polar surface area (TPSA) is 76.4 Å². The molecule has 3 aromatic rings. The van der Waals surface area contributed by atoms with Gasteiger partial charge in [-0.1, -0.05) is 18.2 Å². The Hall–Kier alpha value is -3.54. The first-order chi connectivity index (χ1) is 15.9. The molecule has 1 aromatic heterocycles. The Labute approximate surface area is 195 Å². The van der Waals surface area contributed by atoms with Crippen molar-refractivity contribution in [2.75, 3.05) is 31.5 Å². The zero-order chi connectivity index (χ0) is 23.4. The van der Waals surface area contributed by atoms with E-state index in [0.29, 0.717) is 28.5 Å². The van der Waals surface area contributed by atoms with Gasteiger partial charge in [-0.2, -0.15) is 5.26 Å². The normalized spacial score (nSPS) is 14.0. The quantitative estimate of drug-likeness (QED) is 0.614. The van der Waals surface area contributed by atoms with Crippen molar-refractivity contribution in [1.29, 1.82) is 5.26 Å². The van der Waals surface area contributed by atoms with Crippen molar-refractivity contribution in [2.45, 2.75) is 13.5 Å². The second-order valence-electron chi connectivity index (χ2n) is 7.96. The number of nitrogens with one attached hydrogen (secondary N) is 1. The summed E-state index contributed by atoms with van der Waals surface area (Å²) in [5, 5.41) is 12.2. The van der Waals surface area contributed by atoms with Crippen molar-refractivity contribution in [1.82, 2.24) is 9.80 Å². The second-order valence-corrected chi connectivity index (χ2v) is 9.02. The van der Waals surface area contributed by atoms with Crippen LogP contribution in [0.1, 0.15) is 36.7 Å². The van der Waals surface area contributed by atoms with Gasteiger partial charge in [0.1, 0.15) is 5.82 Å². The van der Waals surface area contributed by atoms with Crippen LogP contribution < -0.4 is 5.32 Å². The van der Waals surface area contributed by atoms with E-state index in [4.69, 9.17) is 5.26 Å². The number of thiophene rings is 1. The van der Waals surface area contributed by atoms with Gasteiger partial charge < -0.3 is 10.2 Å². The molecule has 1 N–H and O–H groups in total. The Balaban J connectivity index is 1.34. The number of rotatable bonds is 5. The molecule has 4 rings (SSSR count). The summed E-state index contributed by atoms with van der Waals surface area (Å²) in [5.41, 5.74) is 2.82. The van der Waals surface area contributed by atoms with Gasteiger partial charge >= 0.3 is 0 Å². The highest BCUT2D eigenvalue weighted by Gasteiger charge is 2.25. The smallest absolute Gasteiger partial charge is 0.264 e. The van der Waals surface area contributed by atoms with Crippen LogP contribution in [0.5, 0.6) is 0 Å². The van der Waals surface area contributed by atoms with Gasteiger partial charge in [-0.05, 0) is 54.4 Å². The fourth-order valence-electron chi connectivity index (χ4n) is 3.77. The Bertz CT molecular complexity index is 1210. The minimum atomic E-state index is -0.473. The Morgan fingerprint density at radius 2 is 1.82 bits per heavy atom. The van der Waals surface area contributed by atoms with Gasteiger partial charge in [0.15, 0.2) is 0 Å². The number of carbonyl (C=O) groups is 2. The zero-order valence-electron chi connectivity index (χ0n) is 18.2. The lowest BCUT2D eigenvalue weighted by Crippen LogP contribution is -2.48. The molecular formula is C25H23FN4O2S. The molecule has 0 saturated carbocycles. The molecule has 0 aliphatic carbocycles. The van der Waals surface area contributed by atoms with Gasteiger partial charge in [-0.15, -0.1) is 11.3 Å². The molecule has 6 nitrogen and oxygen atoms in total. The SMILES string of the molecule is Cc1cc(NC(=O)c2cccc(F)c2)sc1C(=O)N1CCN(Cc2ccc(C#N)cc2)CC1. The van der Waals surface area contributed by atoms with Gasteiger partial charge in [0.2, 0.25) is 0 Å². The number of benzene rings is 2. The highest BCUT2D eigenvalue weighted by molar-refractivity contribution is 7.18. The van der Waals surface area contributed by atoms with E-state index in [2.05, 4.69) is 16.3 Å². The van der Waals surface area contributed by atoms with Gasteiger partial charge in [0, 0.05) is 38.3 Å². The Morgan fingerprint density at radius 1 is 1.09 bits per heavy atom. The number of piperazine rings is 1. The summed E-state index contributed by atoms with van der Waals surface area (Å²) in [7, 11) is 0. The van der Waals surface area contributed by atoms with Crippen LogP contribution >= 0.6 is 11.3 Å². The van der Waals surface area contributed by atoms with E-state index in [0.717, 1.165) is 30.8 Å². The van der Waals surface area contributed by atoms with Crippen LogP contribution in [0.2, 0.25) is 0 Å². The highest BCUT2D eigenvalue weighted by Crippen LogP contribution is 2.29. The summed E-state index contributed by atoms with van der Waals surface area (Å²) in [6.45, 7) is 5.40. The molecular weight excluding hydrogens is 439 g/mol. The molecule has 33 heavy (non-hydrogen) atoms. The fourth-order valence-corrected chi connectivity index (χ4v) is 4.80. The predicted molar refractivity (Wildman–Crippen MR) is 126 cm³/mol. The lowest BCUT2D eigenvalue weighted by atomic mass is 10.1. The predicted octanol–water partition coefficient (Wildman–Crippen LogP) is 4.28. The number of hydrogen-bond donors (Lipinski definition) is 1. The van der Waals surface area contributed by atoms with Crippen LogP contribution in [-0.4, -0.2) is 47.8 Å². The monoisotopic (exact) mass is 462 g/mol. The molecule has 168 valence electrons. The van der Waals surface area contributed by atoms with Gasteiger partial charge in [-0.25, -0.2) is 4.39 Å². The minimum absolute atomic E-state index is 0.0400. The lowest BCUT2D eigenvalue weighted by molar-refractivity contribution is 0.0632. The van der Waals surface area contributed by atoms with Crippen molar-refractivity contribution in [2.24, 2.45) is 0 Å². The van der Waals surface area contributed by atoms with Crippen LogP contribution in [-0.2, 0) is 6.54 Å². The molecule has 0 unspecified atom stereocenters. The van der Waals surface area contributed by atoms with Crippen molar-refractivity contribution in [3.63, 3.8) is 0 Å². The number of nitrogens with zero attached hydrogens (tertiary/aromatic N) is 3. The number of amides is 2. The standard InChI is InChI=1S/C25H23FN4O2S/c1-17-13-22(28-24(31)20-3-2-4-21(26)14-20)33-23(17)25(32)30-11-9-29(10-12-30)16-19-7-5-18(15-27)6-8-19/h2-8,13-14H,9-12,16H2,1H3,(H,28,31). The van der Waals surface area contributed by atoms with Crippen molar-refractivity contribution in [3.8, 4) is 6.07 Å². The maximum atomic E-state index is 13.4. The number of halogens is 1. The average molecular weight is 463 g/mol. The number of carbonyl (C=O) groups excluding carboxylic acids is 2. The maximum Gasteiger partial charge on any atom is 0.264 e. The third-order valence-corrected chi connectivity index (χ3v) is 6.72. The first-order valence-electron chi connectivity index (χ1n) is 10.6. The molecule has 0 spiro atoms. The number of nitriles is 1. The Morgan fingerprint density at radius 3 is 2.48 bits per heavy atom. The summed E-state index contributed by atoms with van der Waals surface area (Å²) in [4.78, 5) is 30.2. The second kappa shape index (κ2) is 9.94. The third-order valence-electron chi connectivity index (χ3n) is 5.58. The van der Waals surface area contributed by atoms with Crippen molar-refractivity contribution in [3.05, 3.63) is 87.5 Å². The van der Waals surface area contributed by atoms with Crippen molar-refractivity contribution >= 4 is 28.2 Å². The molecule has 8 heteroatoms. The molecule has 2 heterocycles.